The van der Waals surface area contributed by atoms with Crippen molar-refractivity contribution in [3.63, 3.8) is 0 Å². The summed E-state index contributed by atoms with van der Waals surface area (Å²) >= 11 is 0. The fourth-order valence-corrected chi connectivity index (χ4v) is 5.24. The van der Waals surface area contributed by atoms with Crippen LogP contribution in [-0.2, 0) is 22.6 Å². The highest BCUT2D eigenvalue weighted by Gasteiger charge is 2.25. The number of fused-ring (bicyclic) bond motifs is 2. The third-order valence-electron chi connectivity index (χ3n) is 7.63. The summed E-state index contributed by atoms with van der Waals surface area (Å²) in [5, 5.41) is 8.01. The molecule has 5 aromatic rings. The van der Waals surface area contributed by atoms with Gasteiger partial charge < -0.3 is 19.9 Å². The van der Waals surface area contributed by atoms with Crippen LogP contribution in [0.15, 0.2) is 66.9 Å². The highest BCUT2D eigenvalue weighted by atomic mass is 16.5. The lowest BCUT2D eigenvalue weighted by Crippen LogP contribution is -2.21. The first-order valence-corrected chi connectivity index (χ1v) is 13.6. The molecule has 0 atom stereocenters. The number of pyridine rings is 1. The average Bonchev–Trinajstić information content (AvgIpc) is 3.28. The van der Waals surface area contributed by atoms with Crippen LogP contribution >= 0.6 is 0 Å². The topological polar surface area (TPSA) is 101 Å². The van der Waals surface area contributed by atoms with Crippen LogP contribution in [0.3, 0.4) is 0 Å². The Bertz CT molecular complexity index is 1710. The second kappa shape index (κ2) is 10.9. The van der Waals surface area contributed by atoms with Gasteiger partial charge in [-0.15, -0.1) is 0 Å². The van der Waals surface area contributed by atoms with Gasteiger partial charge in [0.2, 0.25) is 0 Å². The van der Waals surface area contributed by atoms with Crippen molar-refractivity contribution in [2.45, 2.75) is 45.3 Å². The number of carbonyl (C=O) groups is 1. The van der Waals surface area contributed by atoms with E-state index >= 15 is 0 Å². The number of benzene rings is 3. The number of hydrogen-bond acceptors (Lipinski definition) is 7. The third-order valence-corrected chi connectivity index (χ3v) is 7.63. The van der Waals surface area contributed by atoms with Crippen LogP contribution in [0.5, 0.6) is 11.5 Å². The van der Waals surface area contributed by atoms with E-state index < -0.39 is 0 Å². The van der Waals surface area contributed by atoms with Crippen molar-refractivity contribution in [1.82, 2.24) is 14.8 Å². The Morgan fingerprint density at radius 2 is 1.82 bits per heavy atom. The first-order chi connectivity index (χ1) is 19.5. The number of nitrogens with two attached hydrogens (primary N) is 1. The number of anilines is 1. The Labute approximate surface area is 232 Å². The van der Waals surface area contributed by atoms with E-state index in [0.717, 1.165) is 56.9 Å². The number of rotatable bonds is 9. The van der Waals surface area contributed by atoms with Crippen molar-refractivity contribution < 1.29 is 19.0 Å². The van der Waals surface area contributed by atoms with Crippen LogP contribution in [0.25, 0.3) is 32.8 Å². The van der Waals surface area contributed by atoms with Gasteiger partial charge in [-0.2, -0.15) is 5.10 Å². The number of hydrogen-bond donors (Lipinski definition) is 1. The molecule has 0 amide bonds. The number of aromatic nitrogens is 3. The van der Waals surface area contributed by atoms with Crippen molar-refractivity contribution in [1.29, 1.82) is 0 Å². The van der Waals surface area contributed by atoms with Gasteiger partial charge in [0.15, 0.2) is 0 Å². The minimum atomic E-state index is -0.293. The lowest BCUT2D eigenvalue weighted by Gasteiger charge is -2.27. The molecule has 0 unspecified atom stereocenters. The van der Waals surface area contributed by atoms with Crippen molar-refractivity contribution in [3.8, 4) is 22.6 Å². The van der Waals surface area contributed by atoms with Crippen molar-refractivity contribution in [3.05, 3.63) is 78.1 Å². The number of esters is 1. The van der Waals surface area contributed by atoms with E-state index in [9.17, 15) is 4.79 Å². The molecule has 1 saturated carbocycles. The molecule has 8 heteroatoms. The molecule has 0 radical (unpaired) electrons. The minimum Gasteiger partial charge on any atom is -0.497 e. The van der Waals surface area contributed by atoms with Gasteiger partial charge in [0.1, 0.15) is 23.9 Å². The summed E-state index contributed by atoms with van der Waals surface area (Å²) in [7, 11) is 1.61. The molecule has 0 aliphatic heterocycles. The first-order valence-electron chi connectivity index (χ1n) is 13.6. The van der Waals surface area contributed by atoms with Gasteiger partial charge in [-0.05, 0) is 73.0 Å². The summed E-state index contributed by atoms with van der Waals surface area (Å²) in [5.41, 5.74) is 11.0. The van der Waals surface area contributed by atoms with Crippen molar-refractivity contribution in [2.24, 2.45) is 0 Å². The van der Waals surface area contributed by atoms with Crippen LogP contribution in [0.4, 0.5) is 5.82 Å². The normalized spacial score (nSPS) is 13.3. The van der Waals surface area contributed by atoms with Gasteiger partial charge in [0, 0.05) is 28.6 Å². The average molecular weight is 537 g/mol. The molecule has 6 rings (SSSR count). The Kier molecular flexibility index (Phi) is 6.99. The summed E-state index contributed by atoms with van der Waals surface area (Å²) in [6.07, 6.45) is 5.24. The van der Waals surface area contributed by atoms with E-state index in [1.54, 1.807) is 20.2 Å². The Morgan fingerprint density at radius 1 is 1.02 bits per heavy atom. The molecule has 1 fully saturated rings. The molecule has 1 aliphatic carbocycles. The molecule has 0 bridgehead atoms. The quantitative estimate of drug-likeness (QED) is 0.222. The van der Waals surface area contributed by atoms with Crippen LogP contribution in [-0.4, -0.2) is 34.5 Å². The van der Waals surface area contributed by atoms with Crippen LogP contribution < -0.4 is 15.2 Å². The molecule has 2 N–H and O–H groups in total. The Morgan fingerprint density at radius 3 is 2.58 bits per heavy atom. The van der Waals surface area contributed by atoms with Crippen molar-refractivity contribution in [2.75, 3.05) is 19.5 Å². The van der Waals surface area contributed by atoms with Crippen LogP contribution in [0.1, 0.15) is 43.5 Å². The maximum Gasteiger partial charge on any atom is 0.310 e. The Balaban J connectivity index is 1.38. The highest BCUT2D eigenvalue weighted by Crippen LogP contribution is 2.37. The largest absolute Gasteiger partial charge is 0.497 e. The van der Waals surface area contributed by atoms with E-state index in [1.165, 1.54) is 6.42 Å². The molecular formula is C32H32N4O4. The van der Waals surface area contributed by atoms with Crippen molar-refractivity contribution >= 4 is 33.5 Å². The van der Waals surface area contributed by atoms with Gasteiger partial charge in [-0.25, -0.2) is 4.98 Å². The Hall–Kier alpha value is -4.59. The minimum absolute atomic E-state index is 0.125. The summed E-state index contributed by atoms with van der Waals surface area (Å²) in [5.74, 6) is 1.48. The summed E-state index contributed by atoms with van der Waals surface area (Å²) in [6, 6.07) is 20.4. The van der Waals surface area contributed by atoms with Gasteiger partial charge in [0.05, 0.1) is 37.4 Å². The number of carbonyl (C=O) groups excluding carboxylic acids is 1. The van der Waals surface area contributed by atoms with Crippen LogP contribution in [0.2, 0.25) is 0 Å². The lowest BCUT2D eigenvalue weighted by molar-refractivity contribution is -0.142. The van der Waals surface area contributed by atoms with E-state index in [1.807, 2.05) is 24.3 Å². The standard InChI is InChI=1S/C32H32N4O4/c1-3-39-31(37)17-23-9-11-25(38-2)18-30(23)40-19-29-27-16-22(10-12-28(27)35-36(29)24-5-4-6-24)21-8-7-20-13-14-34-32(33)26(20)15-21/h7-16,18,24H,3-6,17,19H2,1-2H3,(H2,33,34). The zero-order chi connectivity index (χ0) is 27.6. The second-order valence-electron chi connectivity index (χ2n) is 10.1. The third kappa shape index (κ3) is 4.93. The molecule has 1 aliphatic rings. The monoisotopic (exact) mass is 536 g/mol. The van der Waals surface area contributed by atoms with E-state index in [-0.39, 0.29) is 12.4 Å². The fraction of sp³-hybridized carbons (Fsp3) is 0.281. The number of methoxy groups -OCH3 is 1. The zero-order valence-corrected chi connectivity index (χ0v) is 22.7. The van der Waals surface area contributed by atoms with E-state index in [2.05, 4.69) is 46.1 Å². The highest BCUT2D eigenvalue weighted by molar-refractivity contribution is 5.95. The SMILES string of the molecule is CCOC(=O)Cc1ccc(OC)cc1OCc1c2cc(-c3ccc4ccnc(N)c4c3)ccc2nn1C1CCC1. The molecule has 8 nitrogen and oxygen atoms in total. The molecule has 0 spiro atoms. The van der Waals surface area contributed by atoms with Gasteiger partial charge in [-0.3, -0.25) is 9.48 Å². The maximum atomic E-state index is 12.3. The molecule has 40 heavy (non-hydrogen) atoms. The summed E-state index contributed by atoms with van der Waals surface area (Å²) in [6.45, 7) is 2.43. The number of nitrogen functional groups attached to an aromatic ring is 1. The lowest BCUT2D eigenvalue weighted by atomic mass is 9.93. The molecule has 0 saturated heterocycles. The van der Waals surface area contributed by atoms with Crippen LogP contribution in [0, 0.1) is 0 Å². The molecule has 2 aromatic heterocycles. The predicted octanol–water partition coefficient (Wildman–Crippen LogP) is 6.25. The first kappa shape index (κ1) is 25.7. The predicted molar refractivity (Wildman–Crippen MR) is 155 cm³/mol. The van der Waals surface area contributed by atoms with Gasteiger partial charge >= 0.3 is 5.97 Å². The van der Waals surface area contributed by atoms with Gasteiger partial charge in [0.25, 0.3) is 0 Å². The maximum absolute atomic E-state index is 12.3. The molecule has 3 aromatic carbocycles. The van der Waals surface area contributed by atoms with Gasteiger partial charge in [-0.1, -0.05) is 24.3 Å². The summed E-state index contributed by atoms with van der Waals surface area (Å²) in [4.78, 5) is 16.5. The zero-order valence-electron chi connectivity index (χ0n) is 22.7. The fourth-order valence-electron chi connectivity index (χ4n) is 5.24. The smallest absolute Gasteiger partial charge is 0.310 e. The second-order valence-corrected chi connectivity index (χ2v) is 10.1. The molecular weight excluding hydrogens is 504 g/mol. The summed E-state index contributed by atoms with van der Waals surface area (Å²) < 4.78 is 19.2. The number of ether oxygens (including phenoxy) is 3. The van der Waals surface area contributed by atoms with E-state index in [0.29, 0.717) is 36.6 Å². The molecule has 204 valence electrons. The molecule has 2 heterocycles. The number of nitrogens with zero attached hydrogens (tertiary/aromatic N) is 3. The van der Waals surface area contributed by atoms with E-state index in [4.69, 9.17) is 25.0 Å².